The molecule has 3 aromatic heterocycles. The van der Waals surface area contributed by atoms with Gasteiger partial charge in [0.05, 0.1) is 13.7 Å². The molecule has 0 unspecified atom stereocenters. The minimum Gasteiger partial charge on any atom is -0.481 e. The first-order chi connectivity index (χ1) is 12.7. The normalized spacial score (nSPS) is 10.3. The third-order valence-corrected chi connectivity index (χ3v) is 3.33. The van der Waals surface area contributed by atoms with Crippen LogP contribution in [0.25, 0.3) is 11.5 Å². The minimum atomic E-state index is -0.308. The lowest BCUT2D eigenvalue weighted by atomic mass is 10.3. The highest BCUT2D eigenvalue weighted by Crippen LogP contribution is 2.13. The van der Waals surface area contributed by atoms with Crippen LogP contribution in [0.1, 0.15) is 5.56 Å². The summed E-state index contributed by atoms with van der Waals surface area (Å²) in [5.41, 5.74) is 1.48. The van der Waals surface area contributed by atoms with Crippen molar-refractivity contribution < 1.29 is 14.3 Å². The van der Waals surface area contributed by atoms with Crippen LogP contribution in [0.3, 0.4) is 0 Å². The number of carbonyl (C=O) groups is 1. The zero-order valence-electron chi connectivity index (χ0n) is 14.1. The Balaban J connectivity index is 1.51. The maximum atomic E-state index is 12.0. The second kappa shape index (κ2) is 8.63. The number of methoxy groups -OCH3 is 1. The molecule has 0 saturated heterocycles. The fraction of sp³-hybridized carbons (Fsp3) is 0.167. The van der Waals surface area contributed by atoms with E-state index in [0.29, 0.717) is 23.2 Å². The third kappa shape index (κ3) is 4.81. The van der Waals surface area contributed by atoms with Gasteiger partial charge < -0.3 is 14.8 Å². The summed E-state index contributed by atoms with van der Waals surface area (Å²) in [7, 11) is 1.55. The fourth-order valence-electron chi connectivity index (χ4n) is 2.10. The number of nitrogens with zero attached hydrogens (tertiary/aromatic N) is 4. The van der Waals surface area contributed by atoms with Gasteiger partial charge in [0.1, 0.15) is 18.1 Å². The SMILES string of the molecule is COc1ccc(COCC(=O)Nc2ccnc(-c3ccccn3)n2)cn1. The van der Waals surface area contributed by atoms with E-state index in [4.69, 9.17) is 9.47 Å². The maximum Gasteiger partial charge on any atom is 0.251 e. The Morgan fingerprint density at radius 3 is 2.73 bits per heavy atom. The lowest BCUT2D eigenvalue weighted by Crippen LogP contribution is -2.19. The second-order valence-corrected chi connectivity index (χ2v) is 5.23. The first-order valence-electron chi connectivity index (χ1n) is 7.85. The van der Waals surface area contributed by atoms with Gasteiger partial charge in [0.15, 0.2) is 5.82 Å². The Morgan fingerprint density at radius 1 is 1.08 bits per heavy atom. The van der Waals surface area contributed by atoms with E-state index in [2.05, 4.69) is 25.3 Å². The summed E-state index contributed by atoms with van der Waals surface area (Å²) < 4.78 is 10.4. The van der Waals surface area contributed by atoms with Crippen molar-refractivity contribution in [3.05, 3.63) is 60.6 Å². The number of pyridine rings is 2. The van der Waals surface area contributed by atoms with Crippen LogP contribution >= 0.6 is 0 Å². The lowest BCUT2D eigenvalue weighted by molar-refractivity contribution is -0.121. The molecule has 8 heteroatoms. The third-order valence-electron chi connectivity index (χ3n) is 3.33. The summed E-state index contributed by atoms with van der Waals surface area (Å²) in [5.74, 6) is 1.05. The van der Waals surface area contributed by atoms with E-state index in [1.165, 1.54) is 0 Å². The van der Waals surface area contributed by atoms with Gasteiger partial charge in [-0.05, 0) is 29.8 Å². The molecule has 3 aromatic rings. The number of carbonyl (C=O) groups excluding carboxylic acids is 1. The number of aromatic nitrogens is 4. The summed E-state index contributed by atoms with van der Waals surface area (Å²) in [4.78, 5) is 28.7. The van der Waals surface area contributed by atoms with Crippen LogP contribution in [0.5, 0.6) is 5.88 Å². The van der Waals surface area contributed by atoms with Crippen LogP contribution < -0.4 is 10.1 Å². The van der Waals surface area contributed by atoms with Gasteiger partial charge >= 0.3 is 0 Å². The molecule has 3 heterocycles. The standard InChI is InChI=1S/C18H17N5O3/c1-25-17-6-5-13(10-21-17)11-26-12-16(24)22-15-7-9-20-18(23-15)14-4-2-3-8-19-14/h2-10H,11-12H2,1H3,(H,20,22,23,24). The Hall–Kier alpha value is -3.39. The number of ether oxygens (including phenoxy) is 2. The summed E-state index contributed by atoms with van der Waals surface area (Å²) in [6.45, 7) is 0.169. The highest BCUT2D eigenvalue weighted by atomic mass is 16.5. The second-order valence-electron chi connectivity index (χ2n) is 5.23. The zero-order valence-corrected chi connectivity index (χ0v) is 14.1. The van der Waals surface area contributed by atoms with E-state index in [1.807, 2.05) is 18.2 Å². The number of hydrogen-bond donors (Lipinski definition) is 1. The molecule has 26 heavy (non-hydrogen) atoms. The molecule has 1 N–H and O–H groups in total. The monoisotopic (exact) mass is 351 g/mol. The molecule has 3 rings (SSSR count). The summed E-state index contributed by atoms with van der Waals surface area (Å²) in [6, 6.07) is 10.6. The van der Waals surface area contributed by atoms with E-state index < -0.39 is 0 Å². The topological polar surface area (TPSA) is 99.1 Å². The predicted molar refractivity (Wildman–Crippen MR) is 94.3 cm³/mol. The van der Waals surface area contributed by atoms with Crippen LogP contribution in [0.2, 0.25) is 0 Å². The molecule has 0 aliphatic heterocycles. The molecule has 0 aliphatic carbocycles. The van der Waals surface area contributed by atoms with Gasteiger partial charge in [-0.15, -0.1) is 0 Å². The minimum absolute atomic E-state index is 0.102. The fourth-order valence-corrected chi connectivity index (χ4v) is 2.10. The van der Waals surface area contributed by atoms with Gasteiger partial charge in [-0.25, -0.2) is 15.0 Å². The number of anilines is 1. The quantitative estimate of drug-likeness (QED) is 0.696. The Bertz CT molecular complexity index is 856. The van der Waals surface area contributed by atoms with Gasteiger partial charge in [-0.1, -0.05) is 6.07 Å². The zero-order chi connectivity index (χ0) is 18.2. The molecule has 0 aliphatic rings. The highest BCUT2D eigenvalue weighted by Gasteiger charge is 2.07. The van der Waals surface area contributed by atoms with Crippen LogP contribution in [0.4, 0.5) is 5.82 Å². The van der Waals surface area contributed by atoms with Crippen molar-refractivity contribution in [1.82, 2.24) is 19.9 Å². The maximum absolute atomic E-state index is 12.0. The molecule has 0 spiro atoms. The molecular formula is C18H17N5O3. The Labute approximate surface area is 150 Å². The molecule has 8 nitrogen and oxygen atoms in total. The predicted octanol–water partition coefficient (Wildman–Crippen LogP) is 2.10. The number of hydrogen-bond acceptors (Lipinski definition) is 7. The van der Waals surface area contributed by atoms with E-state index in [0.717, 1.165) is 5.56 Å². The number of rotatable bonds is 7. The van der Waals surface area contributed by atoms with Crippen molar-refractivity contribution in [2.24, 2.45) is 0 Å². The molecule has 0 radical (unpaired) electrons. The van der Waals surface area contributed by atoms with Gasteiger partial charge in [-0.3, -0.25) is 9.78 Å². The van der Waals surface area contributed by atoms with Crippen molar-refractivity contribution >= 4 is 11.7 Å². The van der Waals surface area contributed by atoms with E-state index in [1.54, 1.807) is 43.9 Å². The molecule has 0 saturated carbocycles. The van der Waals surface area contributed by atoms with Crippen molar-refractivity contribution in [2.75, 3.05) is 19.0 Å². The van der Waals surface area contributed by atoms with E-state index >= 15 is 0 Å². The van der Waals surface area contributed by atoms with Gasteiger partial charge in [0, 0.05) is 24.7 Å². The molecule has 0 fully saturated rings. The van der Waals surface area contributed by atoms with Gasteiger partial charge in [-0.2, -0.15) is 0 Å². The van der Waals surface area contributed by atoms with Gasteiger partial charge in [0.2, 0.25) is 5.88 Å². The average Bonchev–Trinajstić information content (AvgIpc) is 2.69. The summed E-state index contributed by atoms with van der Waals surface area (Å²) in [6.07, 6.45) is 4.86. The molecule has 0 atom stereocenters. The first-order valence-corrected chi connectivity index (χ1v) is 7.85. The van der Waals surface area contributed by atoms with Gasteiger partial charge in [0.25, 0.3) is 5.91 Å². The smallest absolute Gasteiger partial charge is 0.251 e. The number of amides is 1. The molecule has 1 amide bonds. The van der Waals surface area contributed by atoms with E-state index in [9.17, 15) is 4.79 Å². The van der Waals surface area contributed by atoms with Crippen molar-refractivity contribution in [3.63, 3.8) is 0 Å². The van der Waals surface area contributed by atoms with E-state index in [-0.39, 0.29) is 19.1 Å². The molecular weight excluding hydrogens is 334 g/mol. The molecule has 0 aromatic carbocycles. The van der Waals surface area contributed by atoms with Crippen LogP contribution in [-0.4, -0.2) is 39.6 Å². The first kappa shape index (κ1) is 17.4. The highest BCUT2D eigenvalue weighted by molar-refractivity contribution is 5.90. The van der Waals surface area contributed by atoms with Crippen molar-refractivity contribution in [2.45, 2.75) is 6.61 Å². The molecule has 132 valence electrons. The number of nitrogens with one attached hydrogen (secondary N) is 1. The Kier molecular flexibility index (Phi) is 5.79. The van der Waals surface area contributed by atoms with Crippen LogP contribution in [0.15, 0.2) is 55.0 Å². The summed E-state index contributed by atoms with van der Waals surface area (Å²) in [5, 5.41) is 2.68. The lowest BCUT2D eigenvalue weighted by Gasteiger charge is -2.07. The Morgan fingerprint density at radius 2 is 2.00 bits per heavy atom. The summed E-state index contributed by atoms with van der Waals surface area (Å²) >= 11 is 0. The largest absolute Gasteiger partial charge is 0.481 e. The van der Waals surface area contributed by atoms with Crippen LogP contribution in [0, 0.1) is 0 Å². The van der Waals surface area contributed by atoms with Crippen molar-refractivity contribution in [1.29, 1.82) is 0 Å². The average molecular weight is 351 g/mol. The van der Waals surface area contributed by atoms with Crippen molar-refractivity contribution in [3.8, 4) is 17.4 Å². The van der Waals surface area contributed by atoms with Crippen LogP contribution in [-0.2, 0) is 16.1 Å². The molecule has 0 bridgehead atoms.